The Morgan fingerprint density at radius 3 is 1.61 bits per heavy atom. The number of nitrogens with zero attached hydrogens (tertiary/aromatic N) is 4. The number of aromatic nitrogens is 4. The summed E-state index contributed by atoms with van der Waals surface area (Å²) >= 11 is 0. The first-order valence-electron chi connectivity index (χ1n) is 38.2. The Kier molecular flexibility index (Phi) is 21.9. The van der Waals surface area contributed by atoms with Crippen molar-refractivity contribution >= 4 is 44.0 Å². The number of carbonyl (C=O) groups excluding carboxylic acids is 2. The number of fused-ring (bicyclic) bond motifs is 11. The number of rotatable bonds is 19. The van der Waals surface area contributed by atoms with Crippen LogP contribution in [0.2, 0.25) is 0 Å². The predicted molar refractivity (Wildman–Crippen MR) is 390 cm³/mol. The second kappa shape index (κ2) is 27.6. The topological polar surface area (TPSA) is 201 Å². The van der Waals surface area contributed by atoms with E-state index in [4.69, 9.17) is 18.3 Å². The Morgan fingerprint density at radius 2 is 1.15 bits per heavy atom. The number of hydrogen-bond acceptors (Lipinski definition) is 12. The van der Waals surface area contributed by atoms with Gasteiger partial charge in [-0.1, -0.05) is 161 Å². The molecule has 7 unspecified atom stereocenters. The molecule has 3 heterocycles. The normalized spacial score (nSPS) is 40.7. The smallest absolute Gasteiger partial charge is 0.365 e. The van der Waals surface area contributed by atoms with E-state index >= 15 is 0 Å². The first-order valence-corrected chi connectivity index (χ1v) is 41.7. The average molecular weight is 1380 g/mol. The second-order valence-corrected chi connectivity index (χ2v) is 41.3. The van der Waals surface area contributed by atoms with Crippen molar-refractivity contribution in [3.05, 3.63) is 47.6 Å². The van der Waals surface area contributed by atoms with E-state index in [9.17, 15) is 28.5 Å². The summed E-state index contributed by atoms with van der Waals surface area (Å²) in [4.78, 5) is 61.0. The number of phosphoric ester groups is 1. The summed E-state index contributed by atoms with van der Waals surface area (Å²) in [5.41, 5.74) is 5.59. The van der Waals surface area contributed by atoms with Gasteiger partial charge >= 0.3 is 15.4 Å². The lowest BCUT2D eigenvalue weighted by molar-refractivity contribution is -0.135. The summed E-state index contributed by atoms with van der Waals surface area (Å²) in [6, 6.07) is 0. The van der Waals surface area contributed by atoms with Gasteiger partial charge in [-0.25, -0.2) is 19.5 Å². The molecule has 25 atom stereocenters. The van der Waals surface area contributed by atoms with Crippen LogP contribution in [0.15, 0.2) is 47.6 Å². The van der Waals surface area contributed by atoms with Gasteiger partial charge in [-0.3, -0.25) is 23.2 Å². The molecule has 0 spiro atoms. The number of phosphoric acid groups is 1. The zero-order chi connectivity index (χ0) is 71.5. The van der Waals surface area contributed by atoms with Crippen LogP contribution < -0.4 is 5.32 Å². The number of ketones is 2. The second-order valence-electron chi connectivity index (χ2n) is 38.1. The van der Waals surface area contributed by atoms with Gasteiger partial charge in [0.05, 0.1) is 31.2 Å². The predicted octanol–water partition coefficient (Wildman–Crippen LogP) is 20.0. The number of hydrogen-bond donors (Lipinski definition) is 3. The van der Waals surface area contributed by atoms with Gasteiger partial charge < -0.3 is 28.9 Å². The van der Waals surface area contributed by atoms with Crippen LogP contribution in [0.1, 0.15) is 261 Å². The number of ether oxygens (including phenoxy) is 1. The maximum absolute atomic E-state index is 14.5. The fourth-order valence-electron chi connectivity index (χ4n) is 22.5. The van der Waals surface area contributed by atoms with E-state index in [2.05, 4.69) is 191 Å². The van der Waals surface area contributed by atoms with Gasteiger partial charge in [-0.15, -0.1) is 0 Å². The molecule has 0 aromatic carbocycles. The van der Waals surface area contributed by atoms with E-state index < -0.39 is 21.5 Å². The van der Waals surface area contributed by atoms with Crippen molar-refractivity contribution in [2.45, 2.75) is 280 Å². The van der Waals surface area contributed by atoms with Crippen LogP contribution >= 0.6 is 15.4 Å². The molecule has 6 saturated carbocycles. The minimum Gasteiger partial charge on any atom is -0.365 e. The van der Waals surface area contributed by atoms with Crippen molar-refractivity contribution in [1.29, 1.82) is 0 Å². The highest BCUT2D eigenvalue weighted by molar-refractivity contribution is 7.53. The summed E-state index contributed by atoms with van der Waals surface area (Å²) in [6.07, 6.45) is 24.6. The molecule has 546 valence electrons. The first kappa shape index (κ1) is 76.8. The molecule has 0 amide bonds. The first-order chi connectivity index (χ1) is 44.8. The van der Waals surface area contributed by atoms with Gasteiger partial charge in [0.1, 0.15) is 12.6 Å². The highest BCUT2D eigenvalue weighted by atomic mass is 31.2. The number of allylic oxidation sites excluding steroid dienone is 5. The minimum atomic E-state index is -4.60. The lowest BCUT2D eigenvalue weighted by Gasteiger charge is -2.61. The van der Waals surface area contributed by atoms with E-state index in [1.165, 1.54) is 16.7 Å². The van der Waals surface area contributed by atoms with E-state index in [0.29, 0.717) is 88.9 Å². The Balaban J connectivity index is 0.000000236. The molecule has 0 bridgehead atoms. The van der Waals surface area contributed by atoms with Crippen molar-refractivity contribution in [1.82, 2.24) is 19.5 Å². The summed E-state index contributed by atoms with van der Waals surface area (Å²) in [5, 5.41) is 3.37. The average Bonchev–Trinajstić information content (AvgIpc) is 1.68. The van der Waals surface area contributed by atoms with Crippen molar-refractivity contribution in [3.8, 4) is 0 Å². The van der Waals surface area contributed by atoms with Gasteiger partial charge in [0.2, 0.25) is 0 Å². The third-order valence-electron chi connectivity index (χ3n) is 29.6. The quantitative estimate of drug-likeness (QED) is 0.0886. The van der Waals surface area contributed by atoms with Crippen molar-refractivity contribution < 1.29 is 46.8 Å². The van der Waals surface area contributed by atoms with Crippen molar-refractivity contribution in [3.63, 3.8) is 0 Å². The lowest BCUT2D eigenvalue weighted by atomic mass is 9.42. The van der Waals surface area contributed by atoms with Crippen LogP contribution in [0.5, 0.6) is 0 Å². The molecule has 1 aliphatic heterocycles. The van der Waals surface area contributed by atoms with Gasteiger partial charge in [0.15, 0.2) is 28.5 Å². The molecule has 2 aromatic rings. The maximum atomic E-state index is 14.5. The summed E-state index contributed by atoms with van der Waals surface area (Å²) < 4.78 is 53.9. The molecule has 8 aliphatic carbocycles. The molecule has 7 fully saturated rings. The van der Waals surface area contributed by atoms with Gasteiger partial charge in [0.25, 0.3) is 0 Å². The van der Waals surface area contributed by atoms with Crippen molar-refractivity contribution in [2.75, 3.05) is 25.1 Å². The molecule has 1 saturated heterocycles. The molecule has 11 rings (SSSR count). The largest absolute Gasteiger partial charge is 0.469 e. The van der Waals surface area contributed by atoms with Crippen LogP contribution in [-0.4, -0.2) is 79.0 Å². The number of carbonyl (C=O) groups is 2. The number of nitrogens with one attached hydrogen (secondary N) is 1. The van der Waals surface area contributed by atoms with Crippen molar-refractivity contribution in [2.24, 2.45) is 126 Å². The molecular weight excluding hydrogens is 1250 g/mol. The van der Waals surface area contributed by atoms with Crippen LogP contribution in [0.4, 0.5) is 5.82 Å². The lowest BCUT2D eigenvalue weighted by Crippen LogP contribution is -2.56. The third-order valence-corrected chi connectivity index (χ3v) is 31.4. The Hall–Kier alpha value is -2.87. The van der Waals surface area contributed by atoms with Crippen LogP contribution in [0.25, 0.3) is 11.2 Å². The van der Waals surface area contributed by atoms with E-state index in [1.807, 2.05) is 4.57 Å². The molecule has 15 nitrogen and oxygen atoms in total. The van der Waals surface area contributed by atoms with Gasteiger partial charge in [-0.05, 0) is 237 Å². The van der Waals surface area contributed by atoms with Crippen LogP contribution in [-0.2, 0) is 37.0 Å². The van der Waals surface area contributed by atoms with E-state index in [0.717, 1.165) is 96.3 Å². The third kappa shape index (κ3) is 14.6. The molecule has 2 aromatic heterocycles. The monoisotopic (exact) mass is 1380 g/mol. The Morgan fingerprint density at radius 1 is 0.680 bits per heavy atom. The SMILES string of the molecule is CC(C)=CCNc1ncnc2c1ncn2C1OC(COP(C)(=O)O[C@H](CCC(C)(C)C)[C@@H](C)[C@H]2CC[C@@]3(C)C4=CC(=O)[C@@H]5C[C@@H](C)[C@@H](C)C[C@]5(C)C4CC[C@]23C)C(C)C1C.C[C@@H]([C@H]1CC[C@@]2(C)C3=CC(=O)[C@@H]4C[C@@H](C)[C@@H](C)C[C@]4(C)C3CC[C@]12C)[C@@H](CCC(C)(C)C)OP(=O)(O)O. The maximum Gasteiger partial charge on any atom is 0.469 e. The molecule has 3 N–H and O–H groups in total. The van der Waals surface area contributed by atoms with E-state index in [-0.39, 0.29) is 104 Å². The minimum absolute atomic E-state index is 0.0108. The number of anilines is 1. The molecule has 9 aliphatic rings. The molecule has 97 heavy (non-hydrogen) atoms. The Labute approximate surface area is 585 Å². The van der Waals surface area contributed by atoms with E-state index in [1.54, 1.807) is 19.3 Å². The molecule has 0 radical (unpaired) electrons. The fraction of sp³-hybridized carbons (Fsp3) is 0.838. The molecular formula is C80H131N5O10P2. The Bertz CT molecular complexity index is 3410. The fourth-order valence-corrected chi connectivity index (χ4v) is 24.4. The number of imidazole rings is 1. The zero-order valence-corrected chi connectivity index (χ0v) is 66.1. The zero-order valence-electron chi connectivity index (χ0n) is 64.4. The highest BCUT2D eigenvalue weighted by Gasteiger charge is 2.68. The summed E-state index contributed by atoms with van der Waals surface area (Å²) in [5.74, 6) is 6.22. The van der Waals surface area contributed by atoms with Gasteiger partial charge in [0, 0.05) is 31.0 Å². The highest BCUT2D eigenvalue weighted by Crippen LogP contribution is 2.75. The van der Waals surface area contributed by atoms with Crippen LogP contribution in [0, 0.1) is 126 Å². The van der Waals surface area contributed by atoms with Crippen LogP contribution in [0.3, 0.4) is 0 Å². The van der Waals surface area contributed by atoms with Gasteiger partial charge in [-0.2, -0.15) is 0 Å². The molecule has 17 heteroatoms. The summed E-state index contributed by atoms with van der Waals surface area (Å²) in [7, 11) is -8.10. The standard InChI is InChI=1S/C49H78N5O5P.C31H53O5P/c1-29(2)18-22-50-43-42-44(52-27-51-43)54(28-53-42)45-33(6)32(5)41(58-45)26-57-60(14,56)59-40(17-19-46(8,9)10)34(7)35-15-20-49(13)37-24-39(55)38-23-30(3)31(4)25-47(38,11)36(37)16-21-48(35,49)12;1-19-16-25-26(32)17-24-23(29(25,7)18-20(19)2)11-15-30(8)22(10-14-31(24,30)9)21(3)27(36-37(33,34)35)12-13-28(4,5)6/h18,24,27-28,30-36,38,40-41,45H,15-17,19-23,25-26H2,1-14H3,(H,50,51,52);17,19-23,25,27H,10-16,18H2,1-9H3,(H2,33,34,35)/t30-,31+,32?,33?,34+,35-,36?,38+,40-,41?,45?,47-,48-,49+,60?;19-,20+,21+,22-,23?,25+,27-,29-,30-,31+/m11/s1. The summed E-state index contributed by atoms with van der Waals surface area (Å²) in [6.45, 7) is 52.9.